The smallest absolute Gasteiger partial charge is 0.295 e. The molecule has 3 rings (SSSR count). The minimum atomic E-state index is -0.175. The number of nitrogens with one attached hydrogen (secondary N) is 2. The summed E-state index contributed by atoms with van der Waals surface area (Å²) in [6, 6.07) is 16.7. The molecule has 0 aliphatic heterocycles. The second-order valence-electron chi connectivity index (χ2n) is 5.73. The van der Waals surface area contributed by atoms with E-state index in [1.165, 1.54) is 0 Å². The van der Waals surface area contributed by atoms with Gasteiger partial charge in [0.2, 0.25) is 0 Å². The Bertz CT molecular complexity index is 1060. The summed E-state index contributed by atoms with van der Waals surface area (Å²) in [4.78, 5) is 13.7. The van der Waals surface area contributed by atoms with E-state index in [0.717, 1.165) is 33.7 Å². The van der Waals surface area contributed by atoms with Gasteiger partial charge in [-0.05, 0) is 67.3 Å². The number of nitriles is 1. The Morgan fingerprint density at radius 2 is 1.78 bits per heavy atom. The Hall–Kier alpha value is -3.02. The number of nitrogens with zero attached hydrogens (tertiary/aromatic N) is 3. The monoisotopic (exact) mass is 395 g/mol. The number of hydrogen-bond donors (Lipinski definition) is 2. The zero-order valence-corrected chi connectivity index (χ0v) is 16.4. The summed E-state index contributed by atoms with van der Waals surface area (Å²) >= 11 is 6.45. The van der Waals surface area contributed by atoms with E-state index in [9.17, 15) is 4.79 Å². The van der Waals surface area contributed by atoms with E-state index in [2.05, 4.69) is 10.6 Å². The fourth-order valence-corrected chi connectivity index (χ4v) is 3.24. The summed E-state index contributed by atoms with van der Waals surface area (Å²) in [6.07, 6.45) is 0. The van der Waals surface area contributed by atoms with Gasteiger partial charge in [-0.2, -0.15) is 5.26 Å². The molecule has 0 saturated heterocycles. The van der Waals surface area contributed by atoms with Gasteiger partial charge in [-0.3, -0.25) is 9.48 Å². The maximum absolute atomic E-state index is 12.9. The molecule has 2 aromatic carbocycles. The minimum absolute atomic E-state index is 0.175. The van der Waals surface area contributed by atoms with Gasteiger partial charge in [0.15, 0.2) is 5.11 Å². The molecular formula is C19H17N5OS2. The first-order valence-corrected chi connectivity index (χ1v) is 9.31. The van der Waals surface area contributed by atoms with Crippen molar-refractivity contribution in [2.75, 3.05) is 10.6 Å². The largest absolute Gasteiger partial charge is 0.332 e. The van der Waals surface area contributed by atoms with E-state index in [1.54, 1.807) is 9.36 Å². The predicted octanol–water partition coefficient (Wildman–Crippen LogP) is 3.87. The lowest BCUT2D eigenvalue weighted by atomic mass is 10.3. The van der Waals surface area contributed by atoms with Crippen molar-refractivity contribution in [3.8, 4) is 11.1 Å². The lowest BCUT2D eigenvalue weighted by molar-refractivity contribution is 0.630. The summed E-state index contributed by atoms with van der Waals surface area (Å²) in [5.74, 6) is 0. The van der Waals surface area contributed by atoms with E-state index in [-0.39, 0.29) is 5.56 Å². The molecule has 0 aliphatic carbocycles. The van der Waals surface area contributed by atoms with Crippen LogP contribution < -0.4 is 16.2 Å². The van der Waals surface area contributed by atoms with Gasteiger partial charge in [0.05, 0.1) is 11.4 Å². The van der Waals surface area contributed by atoms with Crippen LogP contribution in [-0.2, 0) is 7.05 Å². The molecule has 0 spiro atoms. The van der Waals surface area contributed by atoms with Crippen LogP contribution >= 0.6 is 24.0 Å². The Morgan fingerprint density at radius 1 is 1.11 bits per heavy atom. The molecule has 0 unspecified atom stereocenters. The number of rotatable bonds is 4. The molecule has 6 nitrogen and oxygen atoms in total. The number of thioether (sulfide) groups is 1. The average Bonchev–Trinajstić information content (AvgIpc) is 2.87. The van der Waals surface area contributed by atoms with Crippen molar-refractivity contribution in [2.24, 2.45) is 7.05 Å². The highest BCUT2D eigenvalue weighted by molar-refractivity contribution is 8.03. The maximum atomic E-state index is 12.9. The van der Waals surface area contributed by atoms with Gasteiger partial charge in [-0.25, -0.2) is 4.68 Å². The Labute approximate surface area is 166 Å². The molecule has 8 heteroatoms. The zero-order valence-electron chi connectivity index (χ0n) is 14.8. The molecule has 1 aromatic heterocycles. The standard InChI is InChI=1S/C19H17N5OS2/c1-13-17(18(25)24(23(13)2)15-6-4-3-5-7-15)22-19(26)21-14-8-10-16(11-9-14)27-12-20/h3-11H,1-2H3,(H2,21,22,26). The maximum Gasteiger partial charge on any atom is 0.295 e. The van der Waals surface area contributed by atoms with Crippen LogP contribution in [0.15, 0.2) is 64.3 Å². The molecule has 0 saturated carbocycles. The van der Waals surface area contributed by atoms with Crippen molar-refractivity contribution in [1.29, 1.82) is 5.26 Å². The SMILES string of the molecule is Cc1c(NC(=S)Nc2ccc(SC#N)cc2)c(=O)n(-c2ccccc2)n1C. The van der Waals surface area contributed by atoms with Crippen LogP contribution in [0.25, 0.3) is 5.69 Å². The summed E-state index contributed by atoms with van der Waals surface area (Å²) in [5.41, 5.74) is 2.58. The van der Waals surface area contributed by atoms with Crippen LogP contribution in [0, 0.1) is 17.6 Å². The second-order valence-corrected chi connectivity index (χ2v) is 7.00. The highest BCUT2D eigenvalue weighted by Crippen LogP contribution is 2.19. The van der Waals surface area contributed by atoms with Crippen LogP contribution in [0.4, 0.5) is 11.4 Å². The molecule has 0 bridgehead atoms. The van der Waals surface area contributed by atoms with E-state index in [1.807, 2.05) is 74.0 Å². The van der Waals surface area contributed by atoms with Gasteiger partial charge in [0, 0.05) is 17.6 Å². The van der Waals surface area contributed by atoms with Crippen LogP contribution in [-0.4, -0.2) is 14.5 Å². The third-order valence-corrected chi connectivity index (χ3v) is 4.87. The quantitative estimate of drug-likeness (QED) is 0.397. The molecule has 0 aliphatic rings. The van der Waals surface area contributed by atoms with Crippen LogP contribution in [0.2, 0.25) is 0 Å². The van der Waals surface area contributed by atoms with Crippen molar-refractivity contribution in [2.45, 2.75) is 11.8 Å². The van der Waals surface area contributed by atoms with Gasteiger partial charge >= 0.3 is 0 Å². The molecular weight excluding hydrogens is 378 g/mol. The lowest BCUT2D eigenvalue weighted by Crippen LogP contribution is -2.25. The average molecular weight is 396 g/mol. The minimum Gasteiger partial charge on any atom is -0.332 e. The van der Waals surface area contributed by atoms with Gasteiger partial charge < -0.3 is 10.6 Å². The first kappa shape index (κ1) is 18.8. The topological polar surface area (TPSA) is 74.8 Å². The van der Waals surface area contributed by atoms with E-state index in [0.29, 0.717) is 10.8 Å². The van der Waals surface area contributed by atoms with Crippen LogP contribution in [0.3, 0.4) is 0 Å². The second kappa shape index (κ2) is 8.12. The summed E-state index contributed by atoms with van der Waals surface area (Å²) in [7, 11) is 1.83. The molecule has 1 heterocycles. The van der Waals surface area contributed by atoms with E-state index >= 15 is 0 Å². The number of anilines is 2. The summed E-state index contributed by atoms with van der Waals surface area (Å²) in [5, 5.41) is 17.1. The molecule has 27 heavy (non-hydrogen) atoms. The normalized spacial score (nSPS) is 10.3. The number of hydrogen-bond acceptors (Lipinski definition) is 4. The molecule has 2 N–H and O–H groups in total. The highest BCUT2D eigenvalue weighted by atomic mass is 32.2. The van der Waals surface area contributed by atoms with Crippen LogP contribution in [0.5, 0.6) is 0 Å². The van der Waals surface area contributed by atoms with Crippen LogP contribution in [0.1, 0.15) is 5.69 Å². The molecule has 0 atom stereocenters. The lowest BCUT2D eigenvalue weighted by Gasteiger charge is -2.09. The molecule has 3 aromatic rings. The summed E-state index contributed by atoms with van der Waals surface area (Å²) in [6.45, 7) is 1.86. The number of thiocyanates is 1. The molecule has 136 valence electrons. The van der Waals surface area contributed by atoms with Crippen molar-refractivity contribution >= 4 is 40.5 Å². The fraction of sp³-hybridized carbons (Fsp3) is 0.105. The van der Waals surface area contributed by atoms with E-state index < -0.39 is 0 Å². The number of benzene rings is 2. The number of para-hydroxylation sites is 1. The third-order valence-electron chi connectivity index (χ3n) is 4.07. The summed E-state index contributed by atoms with van der Waals surface area (Å²) < 4.78 is 3.38. The fourth-order valence-electron chi connectivity index (χ4n) is 2.65. The third kappa shape index (κ3) is 4.05. The molecule has 0 radical (unpaired) electrons. The Morgan fingerprint density at radius 3 is 2.41 bits per heavy atom. The van der Waals surface area contributed by atoms with Gasteiger partial charge in [-0.1, -0.05) is 18.2 Å². The van der Waals surface area contributed by atoms with Crippen molar-refractivity contribution in [1.82, 2.24) is 9.36 Å². The van der Waals surface area contributed by atoms with Gasteiger partial charge in [-0.15, -0.1) is 0 Å². The zero-order chi connectivity index (χ0) is 19.4. The first-order chi connectivity index (χ1) is 13.0. The molecule has 0 amide bonds. The van der Waals surface area contributed by atoms with Gasteiger partial charge in [0.1, 0.15) is 11.1 Å². The molecule has 0 fully saturated rings. The Kier molecular flexibility index (Phi) is 5.64. The van der Waals surface area contributed by atoms with Crippen molar-refractivity contribution in [3.05, 3.63) is 70.6 Å². The Balaban J connectivity index is 1.80. The van der Waals surface area contributed by atoms with Gasteiger partial charge in [0.25, 0.3) is 5.56 Å². The predicted molar refractivity (Wildman–Crippen MR) is 114 cm³/mol. The number of aromatic nitrogens is 2. The first-order valence-electron chi connectivity index (χ1n) is 8.09. The van der Waals surface area contributed by atoms with E-state index in [4.69, 9.17) is 17.5 Å². The van der Waals surface area contributed by atoms with Crippen molar-refractivity contribution in [3.63, 3.8) is 0 Å². The highest BCUT2D eigenvalue weighted by Gasteiger charge is 2.16. The number of thiocarbonyl (C=S) groups is 1. The van der Waals surface area contributed by atoms with Crippen molar-refractivity contribution < 1.29 is 0 Å².